The molecule has 2 aliphatic heterocycles. The zero-order chi connectivity index (χ0) is 39.8. The fourth-order valence-corrected chi connectivity index (χ4v) is 9.84. The molecule has 12 heteroatoms. The molecule has 10 nitrogen and oxygen atoms in total. The third kappa shape index (κ3) is 6.09. The smallest absolute Gasteiger partial charge is 0.411 e. The number of likely N-dealkylation sites (tertiary alicyclic amines) is 2. The average molecular weight is 775 g/mol. The van der Waals surface area contributed by atoms with Gasteiger partial charge in [-0.3, -0.25) is 9.80 Å². The zero-order valence-corrected chi connectivity index (χ0v) is 33.2. The van der Waals surface area contributed by atoms with Gasteiger partial charge in [0, 0.05) is 29.3 Å². The van der Waals surface area contributed by atoms with Gasteiger partial charge in [0.2, 0.25) is 0 Å². The number of aromatic nitrogens is 4. The quantitative estimate of drug-likeness (QED) is 0.188. The van der Waals surface area contributed by atoms with Crippen molar-refractivity contribution in [3.63, 3.8) is 0 Å². The van der Waals surface area contributed by atoms with E-state index in [0.29, 0.717) is 46.2 Å². The highest BCUT2D eigenvalue weighted by Crippen LogP contribution is 2.59. The number of amides is 2. The van der Waals surface area contributed by atoms with Crippen molar-refractivity contribution in [3.8, 4) is 33.5 Å². The summed E-state index contributed by atoms with van der Waals surface area (Å²) in [6.07, 6.45) is 6.83. The van der Waals surface area contributed by atoms with Crippen LogP contribution in [0, 0.1) is 11.3 Å². The predicted octanol–water partition coefficient (Wildman–Crippen LogP) is 10.7. The van der Waals surface area contributed by atoms with E-state index in [2.05, 4.69) is 15.0 Å². The van der Waals surface area contributed by atoms with Crippen LogP contribution in [0.15, 0.2) is 60.8 Å². The molecule has 296 valence electrons. The van der Waals surface area contributed by atoms with Crippen LogP contribution in [0.2, 0.25) is 0 Å². The molecule has 5 aliphatic rings. The SMILES string of the molecule is CC(C)(C)OC(=O)N1CC2(CC2)CC1c1ncc(-c2ccc3c(c2)C(F)(F)c2cc(-c4ccc5nc(C6C7CCC(C7)N6C(=O)OC(C)(C)C)[nH]c5c4)ccc2-3)[nH]1. The molecule has 4 atom stereocenters. The fourth-order valence-electron chi connectivity index (χ4n) is 9.84. The molecule has 2 saturated heterocycles. The molecular formula is C45H48F2N6O4. The molecule has 2 saturated carbocycles. The monoisotopic (exact) mass is 774 g/mol. The van der Waals surface area contributed by atoms with Crippen LogP contribution in [-0.2, 0) is 15.4 Å². The second kappa shape index (κ2) is 12.1. The van der Waals surface area contributed by atoms with Crippen molar-refractivity contribution in [2.75, 3.05) is 6.54 Å². The van der Waals surface area contributed by atoms with Crippen LogP contribution in [0.5, 0.6) is 0 Å². The van der Waals surface area contributed by atoms with E-state index < -0.39 is 17.1 Å². The minimum Gasteiger partial charge on any atom is -0.444 e. The van der Waals surface area contributed by atoms with Gasteiger partial charge in [0.1, 0.15) is 22.9 Å². The number of nitrogens with one attached hydrogen (secondary N) is 2. The fraction of sp³-hybridized carbons (Fsp3) is 0.467. The summed E-state index contributed by atoms with van der Waals surface area (Å²) >= 11 is 0. The van der Waals surface area contributed by atoms with Gasteiger partial charge in [-0.2, -0.15) is 8.78 Å². The van der Waals surface area contributed by atoms with E-state index >= 15 is 8.78 Å². The molecule has 0 radical (unpaired) electrons. The number of halogens is 2. The first-order chi connectivity index (χ1) is 27.0. The number of rotatable bonds is 4. The number of carbonyl (C=O) groups excluding carboxylic acids is 2. The summed E-state index contributed by atoms with van der Waals surface area (Å²) < 4.78 is 44.5. The second-order valence-corrected chi connectivity index (χ2v) is 19.0. The van der Waals surface area contributed by atoms with Crippen LogP contribution in [-0.4, -0.2) is 65.7 Å². The largest absolute Gasteiger partial charge is 0.444 e. The Kier molecular flexibility index (Phi) is 7.68. The van der Waals surface area contributed by atoms with Crippen LogP contribution >= 0.6 is 0 Å². The number of nitrogens with zero attached hydrogens (tertiary/aromatic N) is 4. The highest BCUT2D eigenvalue weighted by Gasteiger charge is 2.55. The Morgan fingerprint density at radius 1 is 0.807 bits per heavy atom. The van der Waals surface area contributed by atoms with Gasteiger partial charge in [0.15, 0.2) is 0 Å². The highest BCUT2D eigenvalue weighted by molar-refractivity contribution is 5.87. The Bertz CT molecular complexity index is 2470. The normalized spacial score (nSPS) is 24.0. The summed E-state index contributed by atoms with van der Waals surface area (Å²) in [5, 5.41) is 0. The van der Waals surface area contributed by atoms with Gasteiger partial charge in [-0.05, 0) is 138 Å². The first-order valence-electron chi connectivity index (χ1n) is 20.2. The summed E-state index contributed by atoms with van der Waals surface area (Å²) in [6, 6.07) is 15.9. The van der Waals surface area contributed by atoms with E-state index in [1.807, 2.05) is 76.8 Å². The first-order valence-corrected chi connectivity index (χ1v) is 20.2. The maximum absolute atomic E-state index is 16.5. The molecule has 1 spiro atoms. The summed E-state index contributed by atoms with van der Waals surface area (Å²) in [7, 11) is 0. The number of carbonyl (C=O) groups is 2. The second-order valence-electron chi connectivity index (χ2n) is 19.0. The first kappa shape index (κ1) is 36.1. The van der Waals surface area contributed by atoms with Crippen LogP contribution in [0.1, 0.15) is 115 Å². The van der Waals surface area contributed by atoms with Crippen LogP contribution in [0.4, 0.5) is 18.4 Å². The van der Waals surface area contributed by atoms with Gasteiger partial charge in [-0.15, -0.1) is 0 Å². The number of piperidine rings is 1. The van der Waals surface area contributed by atoms with Crippen LogP contribution in [0.25, 0.3) is 44.5 Å². The van der Waals surface area contributed by atoms with Crippen molar-refractivity contribution >= 4 is 23.2 Å². The number of aromatic amines is 2. The van der Waals surface area contributed by atoms with E-state index in [4.69, 9.17) is 14.5 Å². The van der Waals surface area contributed by atoms with Crippen molar-refractivity contribution in [3.05, 3.63) is 83.6 Å². The number of alkyl halides is 2. The summed E-state index contributed by atoms with van der Waals surface area (Å²) in [4.78, 5) is 46.6. The molecule has 2 amide bonds. The third-order valence-corrected chi connectivity index (χ3v) is 12.6. The standard InChI is InChI=1S/C45H48F2N6O4/c1-42(2,3)56-40(54)52-23-44(15-16-44)21-36(52)38-48-22-35(51-38)26-9-13-30-29-12-8-24(18-31(29)45(46,47)32(30)19-26)25-10-14-33-34(20-25)50-39(49-33)37-27-7-11-28(17-27)53(37)41(55)57-43(4,5)6/h8-10,12-14,18-20,22,27-28,36-37H,7,11,15-17,21,23H2,1-6H3,(H,48,51)(H,49,50). The molecular weight excluding hydrogens is 727 g/mol. The molecule has 57 heavy (non-hydrogen) atoms. The van der Waals surface area contributed by atoms with Gasteiger partial charge in [-0.25, -0.2) is 19.6 Å². The molecule has 5 aromatic rings. The minimum atomic E-state index is -3.23. The lowest BCUT2D eigenvalue weighted by Gasteiger charge is -2.35. The van der Waals surface area contributed by atoms with Crippen molar-refractivity contribution < 1.29 is 27.8 Å². The maximum Gasteiger partial charge on any atom is 0.411 e. The number of ether oxygens (including phenoxy) is 2. The Morgan fingerprint density at radius 2 is 1.46 bits per heavy atom. The molecule has 4 fully saturated rings. The number of imidazole rings is 2. The minimum absolute atomic E-state index is 0.0356. The van der Waals surface area contributed by atoms with E-state index in [1.54, 1.807) is 35.4 Å². The predicted molar refractivity (Wildman–Crippen MR) is 211 cm³/mol. The molecule has 2 N–H and O–H groups in total. The van der Waals surface area contributed by atoms with E-state index in [9.17, 15) is 9.59 Å². The van der Waals surface area contributed by atoms with Gasteiger partial charge >= 0.3 is 12.2 Å². The van der Waals surface area contributed by atoms with Gasteiger partial charge in [0.05, 0.1) is 35.0 Å². The Hall–Kier alpha value is -5.26. The molecule has 2 bridgehead atoms. The summed E-state index contributed by atoms with van der Waals surface area (Å²) in [5.74, 6) is -1.56. The Morgan fingerprint density at radius 3 is 2.16 bits per heavy atom. The van der Waals surface area contributed by atoms with Crippen molar-refractivity contribution in [1.82, 2.24) is 29.7 Å². The van der Waals surface area contributed by atoms with Crippen LogP contribution < -0.4 is 0 Å². The zero-order valence-electron chi connectivity index (χ0n) is 33.2. The maximum atomic E-state index is 16.5. The number of fused-ring (bicyclic) bond motifs is 6. The average Bonchev–Trinajstić information content (AvgIpc) is 3.78. The number of benzene rings is 3. The molecule has 10 rings (SSSR count). The summed E-state index contributed by atoms with van der Waals surface area (Å²) in [6.45, 7) is 11.8. The van der Waals surface area contributed by atoms with E-state index in [-0.39, 0.29) is 46.9 Å². The van der Waals surface area contributed by atoms with Gasteiger partial charge in [-0.1, -0.05) is 30.3 Å². The van der Waals surface area contributed by atoms with Crippen LogP contribution in [0.3, 0.4) is 0 Å². The number of hydrogen-bond donors (Lipinski definition) is 2. The lowest BCUT2D eigenvalue weighted by molar-refractivity contribution is 0.00615. The molecule has 2 aromatic heterocycles. The summed E-state index contributed by atoms with van der Waals surface area (Å²) in [5.41, 5.74) is 4.02. The Balaban J connectivity index is 0.910. The highest BCUT2D eigenvalue weighted by atomic mass is 19.3. The lowest BCUT2D eigenvalue weighted by Crippen LogP contribution is -2.43. The topological polar surface area (TPSA) is 116 Å². The molecule has 3 aliphatic carbocycles. The molecule has 4 heterocycles. The van der Waals surface area contributed by atoms with Gasteiger partial charge < -0.3 is 19.4 Å². The number of hydrogen-bond acceptors (Lipinski definition) is 6. The lowest BCUT2D eigenvalue weighted by atomic mass is 9.98. The number of H-pyrrole nitrogens is 2. The van der Waals surface area contributed by atoms with Gasteiger partial charge in [0.25, 0.3) is 5.92 Å². The third-order valence-electron chi connectivity index (χ3n) is 12.6. The molecule has 4 unspecified atom stereocenters. The van der Waals surface area contributed by atoms with Crippen molar-refractivity contribution in [1.29, 1.82) is 0 Å². The van der Waals surface area contributed by atoms with E-state index in [0.717, 1.165) is 60.9 Å². The van der Waals surface area contributed by atoms with E-state index in [1.165, 1.54) is 0 Å². The van der Waals surface area contributed by atoms with Crippen molar-refractivity contribution in [2.24, 2.45) is 11.3 Å². The molecule has 3 aromatic carbocycles. The van der Waals surface area contributed by atoms with Crippen molar-refractivity contribution in [2.45, 2.75) is 115 Å². The Labute approximate surface area is 330 Å².